The van der Waals surface area contributed by atoms with Crippen molar-refractivity contribution in [1.82, 2.24) is 14.7 Å². The quantitative estimate of drug-likeness (QED) is 0.260. The van der Waals surface area contributed by atoms with Gasteiger partial charge in [0.25, 0.3) is 0 Å². The Morgan fingerprint density at radius 3 is 2.30 bits per heavy atom. The molecule has 214 valence electrons. The average molecular weight is 563 g/mol. The molecule has 7 nitrogen and oxygen atoms in total. The second kappa shape index (κ2) is 12.4. The number of aromatic nitrogens is 2. The zero-order chi connectivity index (χ0) is 29.0. The van der Waals surface area contributed by atoms with Gasteiger partial charge in [-0.05, 0) is 61.7 Å². The minimum absolute atomic E-state index is 0.268. The zero-order valence-electron chi connectivity index (χ0n) is 24.8. The third kappa shape index (κ3) is 6.49. The van der Waals surface area contributed by atoms with Crippen LogP contribution in [-0.4, -0.2) is 56.8 Å². The number of piperazine rings is 1. The number of benzene rings is 3. The van der Waals surface area contributed by atoms with Gasteiger partial charge in [-0.25, -0.2) is 9.00 Å². The summed E-state index contributed by atoms with van der Waals surface area (Å²) < 4.78 is 21.6. The highest BCUT2D eigenvalue weighted by Gasteiger charge is 2.27. The highest BCUT2D eigenvalue weighted by molar-refractivity contribution is 7.85. The van der Waals surface area contributed by atoms with E-state index in [1.807, 2.05) is 81.8 Å². The van der Waals surface area contributed by atoms with E-state index in [2.05, 4.69) is 36.9 Å². The monoisotopic (exact) mass is 562 g/mol. The van der Waals surface area contributed by atoms with Gasteiger partial charge in [-0.2, -0.15) is 5.10 Å². The largest absolute Gasteiger partial charge is 0.444 e. The molecule has 3 aromatic carbocycles. The SMILES string of the molecule is CC.CC(C)Cn1nc(S(=O)c2cccc3ccccc23)c2cc(N3CCN(C(=O)OC(C)(C)C)CC3)ccc21. The van der Waals surface area contributed by atoms with Crippen molar-refractivity contribution in [3.8, 4) is 0 Å². The molecule has 1 atom stereocenters. The molecule has 1 fully saturated rings. The Bertz CT molecular complexity index is 1490. The topological polar surface area (TPSA) is 67.7 Å². The van der Waals surface area contributed by atoms with E-state index in [-0.39, 0.29) is 6.09 Å². The first kappa shape index (κ1) is 29.6. The summed E-state index contributed by atoms with van der Waals surface area (Å²) in [6, 6.07) is 20.3. The van der Waals surface area contributed by atoms with Gasteiger partial charge in [-0.1, -0.05) is 64.1 Å². The maximum atomic E-state index is 14.1. The van der Waals surface area contributed by atoms with Crippen LogP contribution in [0.25, 0.3) is 21.7 Å². The molecule has 0 N–H and O–H groups in total. The van der Waals surface area contributed by atoms with E-state index < -0.39 is 16.4 Å². The van der Waals surface area contributed by atoms with E-state index in [1.54, 1.807) is 4.90 Å². The normalized spacial score (nSPS) is 14.8. The summed E-state index contributed by atoms with van der Waals surface area (Å²) in [5.41, 5.74) is 1.52. The van der Waals surface area contributed by atoms with E-state index in [0.717, 1.165) is 38.8 Å². The summed E-state index contributed by atoms with van der Waals surface area (Å²) in [6.07, 6.45) is -0.268. The van der Waals surface area contributed by atoms with Crippen LogP contribution in [0.4, 0.5) is 10.5 Å². The first-order valence-electron chi connectivity index (χ1n) is 14.2. The van der Waals surface area contributed by atoms with Crippen molar-refractivity contribution in [3.05, 3.63) is 60.7 Å². The molecule has 1 amide bonds. The smallest absolute Gasteiger partial charge is 0.410 e. The maximum absolute atomic E-state index is 14.1. The van der Waals surface area contributed by atoms with Crippen LogP contribution in [0, 0.1) is 5.92 Å². The van der Waals surface area contributed by atoms with Crippen molar-refractivity contribution >= 4 is 44.3 Å². The molecule has 1 aliphatic heterocycles. The third-order valence-corrected chi connectivity index (χ3v) is 8.07. The molecule has 1 aliphatic rings. The van der Waals surface area contributed by atoms with Gasteiger partial charge in [0.1, 0.15) is 16.4 Å². The van der Waals surface area contributed by atoms with Gasteiger partial charge in [0.2, 0.25) is 0 Å². The van der Waals surface area contributed by atoms with Crippen LogP contribution in [0.1, 0.15) is 48.5 Å². The van der Waals surface area contributed by atoms with Gasteiger partial charge in [-0.3, -0.25) is 4.68 Å². The Labute approximate surface area is 240 Å². The molecule has 0 aliphatic carbocycles. The molecule has 0 spiro atoms. The van der Waals surface area contributed by atoms with Crippen LogP contribution < -0.4 is 4.90 Å². The number of anilines is 1. The van der Waals surface area contributed by atoms with Crippen LogP contribution in [0.3, 0.4) is 0 Å². The maximum Gasteiger partial charge on any atom is 0.410 e. The number of hydrogen-bond acceptors (Lipinski definition) is 5. The molecule has 8 heteroatoms. The molecule has 2 heterocycles. The van der Waals surface area contributed by atoms with Gasteiger partial charge in [0, 0.05) is 43.8 Å². The number of carbonyl (C=O) groups excluding carboxylic acids is 1. The zero-order valence-corrected chi connectivity index (χ0v) is 25.6. The van der Waals surface area contributed by atoms with E-state index >= 15 is 0 Å². The summed E-state index contributed by atoms with van der Waals surface area (Å²) >= 11 is 0. The van der Waals surface area contributed by atoms with E-state index in [0.29, 0.717) is 37.1 Å². The fraction of sp³-hybridized carbons (Fsp3) is 0.438. The predicted molar refractivity (Wildman–Crippen MR) is 165 cm³/mol. The first-order chi connectivity index (χ1) is 19.1. The average Bonchev–Trinajstić information content (AvgIpc) is 3.29. The molecule has 1 unspecified atom stereocenters. The predicted octanol–water partition coefficient (Wildman–Crippen LogP) is 7.10. The standard InChI is InChI=1S/C30H36N4O3S.C2H6/c1-21(2)20-34-26-14-13-23(32-15-17-33(18-16-32)29(35)37-30(3,4)5)19-25(26)28(31-34)38(36)27-12-8-10-22-9-6-7-11-24(22)27;1-2/h6-14,19,21H,15-18,20H2,1-5H3;1-2H3. The lowest BCUT2D eigenvalue weighted by Crippen LogP contribution is -2.50. The Morgan fingerprint density at radius 2 is 1.62 bits per heavy atom. The Hall–Kier alpha value is -3.39. The summed E-state index contributed by atoms with van der Waals surface area (Å²) in [7, 11) is -1.44. The lowest BCUT2D eigenvalue weighted by Gasteiger charge is -2.36. The van der Waals surface area contributed by atoms with Crippen LogP contribution in [0.2, 0.25) is 0 Å². The van der Waals surface area contributed by atoms with Crippen LogP contribution in [-0.2, 0) is 22.1 Å². The molecule has 1 aromatic heterocycles. The fourth-order valence-corrected chi connectivity index (χ4v) is 6.22. The molecular formula is C32H42N4O3S. The number of hydrogen-bond donors (Lipinski definition) is 0. The van der Waals surface area contributed by atoms with Crippen LogP contribution >= 0.6 is 0 Å². The molecule has 40 heavy (non-hydrogen) atoms. The first-order valence-corrected chi connectivity index (χ1v) is 15.4. The highest BCUT2D eigenvalue weighted by atomic mass is 32.2. The Balaban J connectivity index is 0.00000181. The summed E-state index contributed by atoms with van der Waals surface area (Å²) in [6.45, 7) is 17.3. The van der Waals surface area contributed by atoms with Gasteiger partial charge in [0.05, 0.1) is 10.4 Å². The molecule has 0 bridgehead atoms. The lowest BCUT2D eigenvalue weighted by molar-refractivity contribution is 0.0240. The second-order valence-electron chi connectivity index (χ2n) is 11.3. The molecular weight excluding hydrogens is 520 g/mol. The number of nitrogens with zero attached hydrogens (tertiary/aromatic N) is 4. The van der Waals surface area contributed by atoms with Crippen molar-refractivity contribution in [2.24, 2.45) is 5.92 Å². The van der Waals surface area contributed by atoms with Gasteiger partial charge in [-0.15, -0.1) is 0 Å². The van der Waals surface area contributed by atoms with Crippen molar-refractivity contribution in [2.45, 2.75) is 70.5 Å². The van der Waals surface area contributed by atoms with Gasteiger partial charge >= 0.3 is 6.09 Å². The highest BCUT2D eigenvalue weighted by Crippen LogP contribution is 2.32. The van der Waals surface area contributed by atoms with Crippen molar-refractivity contribution in [2.75, 3.05) is 31.1 Å². The van der Waals surface area contributed by atoms with E-state index in [4.69, 9.17) is 9.84 Å². The van der Waals surface area contributed by atoms with Gasteiger partial charge in [0.15, 0.2) is 5.03 Å². The number of carbonyl (C=O) groups is 1. The minimum atomic E-state index is -1.44. The van der Waals surface area contributed by atoms with E-state index in [1.165, 1.54) is 0 Å². The molecule has 5 rings (SSSR count). The number of fused-ring (bicyclic) bond motifs is 2. The van der Waals surface area contributed by atoms with Gasteiger partial charge < -0.3 is 14.5 Å². The summed E-state index contributed by atoms with van der Waals surface area (Å²) in [4.78, 5) is 17.3. The third-order valence-electron chi connectivity index (χ3n) is 6.66. The number of ether oxygens (including phenoxy) is 1. The summed E-state index contributed by atoms with van der Waals surface area (Å²) in [5.74, 6) is 0.401. The number of rotatable bonds is 5. The number of amides is 1. The molecule has 4 aromatic rings. The van der Waals surface area contributed by atoms with Crippen molar-refractivity contribution in [1.29, 1.82) is 0 Å². The van der Waals surface area contributed by atoms with Crippen LogP contribution in [0.5, 0.6) is 0 Å². The summed E-state index contributed by atoms with van der Waals surface area (Å²) in [5, 5.41) is 8.44. The van der Waals surface area contributed by atoms with E-state index in [9.17, 15) is 9.00 Å². The molecule has 0 radical (unpaired) electrons. The lowest BCUT2D eigenvalue weighted by atomic mass is 10.1. The van der Waals surface area contributed by atoms with Crippen LogP contribution in [0.15, 0.2) is 70.6 Å². The molecule has 1 saturated heterocycles. The van der Waals surface area contributed by atoms with Crippen molar-refractivity contribution in [3.63, 3.8) is 0 Å². The second-order valence-corrected chi connectivity index (χ2v) is 12.6. The Morgan fingerprint density at radius 1 is 0.950 bits per heavy atom. The van der Waals surface area contributed by atoms with Crippen molar-refractivity contribution < 1.29 is 13.7 Å². The Kier molecular flexibility index (Phi) is 9.19. The molecule has 0 saturated carbocycles. The minimum Gasteiger partial charge on any atom is -0.444 e. The fourth-order valence-electron chi connectivity index (χ4n) is 4.89.